The van der Waals surface area contributed by atoms with Crippen molar-refractivity contribution in [2.75, 3.05) is 17.7 Å². The maximum Gasteiger partial charge on any atom is 0.495 e. The topological polar surface area (TPSA) is 82.1 Å². The highest BCUT2D eigenvalue weighted by atomic mass is 32.2. The molecule has 0 N–H and O–H groups in total. The fraction of sp³-hybridized carbons (Fsp3) is 0.387. The van der Waals surface area contributed by atoms with Gasteiger partial charge in [-0.15, -0.1) is 0 Å². The summed E-state index contributed by atoms with van der Waals surface area (Å²) in [6, 6.07) is 16.4. The van der Waals surface area contributed by atoms with E-state index in [1.54, 1.807) is 29.2 Å². The SMILES string of the molecule is Cc1cc(Oc2ccc3c(c2C)CCN3C(=O)Cc2ccccc2S(C)(=O)=O)ccc1B1OC(C)(C)C(C)(C)O1. The minimum Gasteiger partial charge on any atom is -0.457 e. The van der Waals surface area contributed by atoms with Crippen molar-refractivity contribution in [1.29, 1.82) is 0 Å². The second kappa shape index (κ2) is 10.0. The molecule has 2 aliphatic rings. The van der Waals surface area contributed by atoms with Gasteiger partial charge in [-0.3, -0.25) is 4.79 Å². The van der Waals surface area contributed by atoms with E-state index in [9.17, 15) is 13.2 Å². The van der Waals surface area contributed by atoms with Gasteiger partial charge in [-0.05, 0) is 106 Å². The smallest absolute Gasteiger partial charge is 0.457 e. The van der Waals surface area contributed by atoms with E-state index in [1.165, 1.54) is 6.26 Å². The number of aryl methyl sites for hydroxylation is 1. The van der Waals surface area contributed by atoms with Crippen molar-refractivity contribution >= 4 is 34.0 Å². The van der Waals surface area contributed by atoms with E-state index >= 15 is 0 Å². The third kappa shape index (κ3) is 5.18. The summed E-state index contributed by atoms with van der Waals surface area (Å²) in [4.78, 5) is 15.2. The van der Waals surface area contributed by atoms with Crippen LogP contribution in [0.2, 0.25) is 0 Å². The number of carbonyl (C=O) groups excluding carboxylic acids is 1. The molecule has 1 saturated heterocycles. The maximum atomic E-state index is 13.3. The molecule has 1 amide bonds. The second-order valence-electron chi connectivity index (χ2n) is 11.7. The normalized spacial score (nSPS) is 17.7. The van der Waals surface area contributed by atoms with Crippen LogP contribution in [-0.4, -0.2) is 45.4 Å². The summed E-state index contributed by atoms with van der Waals surface area (Å²) < 4.78 is 43.1. The highest BCUT2D eigenvalue weighted by Crippen LogP contribution is 2.39. The van der Waals surface area contributed by atoms with Gasteiger partial charge in [0.2, 0.25) is 5.91 Å². The molecule has 0 radical (unpaired) electrons. The molecular weight excluding hydrogens is 525 g/mol. The Hall–Kier alpha value is -3.14. The van der Waals surface area contributed by atoms with Crippen LogP contribution in [0.4, 0.5) is 5.69 Å². The average molecular weight is 562 g/mol. The molecule has 2 aliphatic heterocycles. The van der Waals surface area contributed by atoms with Crippen molar-refractivity contribution in [3.05, 3.63) is 76.9 Å². The van der Waals surface area contributed by atoms with Crippen LogP contribution < -0.4 is 15.1 Å². The van der Waals surface area contributed by atoms with Gasteiger partial charge in [0, 0.05) is 18.5 Å². The number of benzene rings is 3. The standard InChI is InChI=1S/C31H36BNO6S/c1-20-18-23(12-13-25(20)32-38-30(3,4)31(5,6)39-32)37-27-15-14-26-24(21(27)2)16-17-33(26)29(34)19-22-10-8-9-11-28(22)40(7,35)36/h8-15,18H,16-17,19H2,1-7H3. The number of nitrogens with zero attached hydrogens (tertiary/aromatic N) is 1. The molecule has 3 aromatic carbocycles. The van der Waals surface area contributed by atoms with Gasteiger partial charge in [-0.2, -0.15) is 0 Å². The van der Waals surface area contributed by atoms with Gasteiger partial charge >= 0.3 is 7.12 Å². The summed E-state index contributed by atoms with van der Waals surface area (Å²) in [6.45, 7) is 12.7. The first-order valence-electron chi connectivity index (χ1n) is 13.5. The van der Waals surface area contributed by atoms with Crippen molar-refractivity contribution in [2.45, 2.75) is 70.5 Å². The zero-order valence-electron chi connectivity index (χ0n) is 24.2. The molecule has 3 aromatic rings. The van der Waals surface area contributed by atoms with Gasteiger partial charge in [0.05, 0.1) is 22.5 Å². The van der Waals surface area contributed by atoms with Crippen LogP contribution in [0.1, 0.15) is 49.9 Å². The van der Waals surface area contributed by atoms with Gasteiger partial charge in [0.25, 0.3) is 0 Å². The first-order chi connectivity index (χ1) is 18.7. The quantitative estimate of drug-likeness (QED) is 0.397. The highest BCUT2D eigenvalue weighted by molar-refractivity contribution is 7.90. The van der Waals surface area contributed by atoms with E-state index in [1.807, 2.05) is 71.9 Å². The number of ether oxygens (including phenoxy) is 1. The molecule has 2 heterocycles. The van der Waals surface area contributed by atoms with E-state index in [0.29, 0.717) is 24.3 Å². The van der Waals surface area contributed by atoms with E-state index in [-0.39, 0.29) is 17.2 Å². The largest absolute Gasteiger partial charge is 0.495 e. The van der Waals surface area contributed by atoms with Crippen molar-refractivity contribution < 1.29 is 27.3 Å². The molecule has 9 heteroatoms. The fourth-order valence-corrected chi connectivity index (χ4v) is 6.29. The van der Waals surface area contributed by atoms with Crippen LogP contribution in [0.25, 0.3) is 0 Å². The summed E-state index contributed by atoms with van der Waals surface area (Å²) in [7, 11) is -3.86. The van der Waals surface area contributed by atoms with Crippen LogP contribution in [0.15, 0.2) is 59.5 Å². The molecule has 0 bridgehead atoms. The second-order valence-corrected chi connectivity index (χ2v) is 13.7. The lowest BCUT2D eigenvalue weighted by Crippen LogP contribution is -2.41. The predicted octanol–water partition coefficient (Wildman–Crippen LogP) is 4.93. The predicted molar refractivity (Wildman–Crippen MR) is 157 cm³/mol. The van der Waals surface area contributed by atoms with Gasteiger partial charge in [0.15, 0.2) is 9.84 Å². The number of hydrogen-bond donors (Lipinski definition) is 0. The van der Waals surface area contributed by atoms with Crippen LogP contribution in [-0.2, 0) is 36.8 Å². The van der Waals surface area contributed by atoms with Gasteiger partial charge in [-0.1, -0.05) is 24.3 Å². The monoisotopic (exact) mass is 561 g/mol. The first kappa shape index (κ1) is 28.4. The molecule has 0 atom stereocenters. The molecule has 0 aromatic heterocycles. The number of amides is 1. The number of fused-ring (bicyclic) bond motifs is 1. The Morgan fingerprint density at radius 2 is 1.68 bits per heavy atom. The van der Waals surface area contributed by atoms with Crippen LogP contribution in [0.5, 0.6) is 11.5 Å². The summed E-state index contributed by atoms with van der Waals surface area (Å²) in [6.07, 6.45) is 1.89. The average Bonchev–Trinajstić information content (AvgIpc) is 3.38. The van der Waals surface area contributed by atoms with Crippen LogP contribution in [0.3, 0.4) is 0 Å². The minimum atomic E-state index is -3.43. The molecular formula is C31H36BNO6S. The highest BCUT2D eigenvalue weighted by Gasteiger charge is 2.52. The van der Waals surface area contributed by atoms with Crippen molar-refractivity contribution in [2.24, 2.45) is 0 Å². The Morgan fingerprint density at radius 3 is 2.33 bits per heavy atom. The van der Waals surface area contributed by atoms with E-state index in [2.05, 4.69) is 0 Å². The Bertz CT molecular complexity index is 1580. The maximum absolute atomic E-state index is 13.3. The number of rotatable bonds is 6. The fourth-order valence-electron chi connectivity index (χ4n) is 5.35. The molecule has 0 spiro atoms. The van der Waals surface area contributed by atoms with Crippen LogP contribution in [0, 0.1) is 13.8 Å². The molecule has 210 valence electrons. The molecule has 0 aliphatic carbocycles. The minimum absolute atomic E-state index is 0.0222. The van der Waals surface area contributed by atoms with Gasteiger partial charge in [-0.25, -0.2) is 8.42 Å². The number of sulfone groups is 1. The first-order valence-corrected chi connectivity index (χ1v) is 15.4. The summed E-state index contributed by atoms with van der Waals surface area (Å²) in [5.41, 5.74) is 4.58. The molecule has 5 rings (SSSR count). The molecule has 40 heavy (non-hydrogen) atoms. The third-order valence-corrected chi connectivity index (χ3v) is 9.59. The van der Waals surface area contributed by atoms with Crippen LogP contribution >= 0.6 is 0 Å². The van der Waals surface area contributed by atoms with Crippen molar-refractivity contribution in [3.8, 4) is 11.5 Å². The zero-order chi connectivity index (χ0) is 29.0. The van der Waals surface area contributed by atoms with E-state index < -0.39 is 28.2 Å². The summed E-state index contributed by atoms with van der Waals surface area (Å²) >= 11 is 0. The van der Waals surface area contributed by atoms with Gasteiger partial charge in [0.1, 0.15) is 11.5 Å². The van der Waals surface area contributed by atoms with Crippen molar-refractivity contribution in [3.63, 3.8) is 0 Å². The Kier molecular flexibility index (Phi) is 7.13. The molecule has 0 saturated carbocycles. The lowest BCUT2D eigenvalue weighted by molar-refractivity contribution is -0.117. The van der Waals surface area contributed by atoms with Crippen molar-refractivity contribution in [1.82, 2.24) is 0 Å². The Morgan fingerprint density at radius 1 is 1.00 bits per heavy atom. The van der Waals surface area contributed by atoms with Gasteiger partial charge < -0.3 is 18.9 Å². The lowest BCUT2D eigenvalue weighted by atomic mass is 9.76. The van der Waals surface area contributed by atoms with E-state index in [0.717, 1.165) is 33.6 Å². The number of anilines is 1. The number of hydrogen-bond acceptors (Lipinski definition) is 6. The summed E-state index contributed by atoms with van der Waals surface area (Å²) in [5.74, 6) is 1.32. The Balaban J connectivity index is 1.33. The molecule has 1 fully saturated rings. The molecule has 7 nitrogen and oxygen atoms in total. The zero-order valence-corrected chi connectivity index (χ0v) is 25.0. The molecule has 0 unspecified atom stereocenters. The number of carbonyl (C=O) groups is 1. The summed E-state index contributed by atoms with van der Waals surface area (Å²) in [5, 5.41) is 0. The van der Waals surface area contributed by atoms with E-state index in [4.69, 9.17) is 14.0 Å². The lowest BCUT2D eigenvalue weighted by Gasteiger charge is -2.32. The third-order valence-electron chi connectivity index (χ3n) is 8.39. The Labute approximate surface area is 237 Å².